The van der Waals surface area contributed by atoms with Crippen LogP contribution in [0, 0.1) is 5.92 Å². The summed E-state index contributed by atoms with van der Waals surface area (Å²) in [6.07, 6.45) is 0.396. The van der Waals surface area contributed by atoms with Crippen molar-refractivity contribution in [3.63, 3.8) is 0 Å². The summed E-state index contributed by atoms with van der Waals surface area (Å²) in [5.41, 5.74) is 1.41. The molecule has 0 spiro atoms. The fourth-order valence-corrected chi connectivity index (χ4v) is 2.10. The van der Waals surface area contributed by atoms with E-state index in [1.807, 2.05) is 0 Å². The summed E-state index contributed by atoms with van der Waals surface area (Å²) in [6.45, 7) is 2.01. The number of hydrogen-bond donors (Lipinski definition) is 0. The smallest absolute Gasteiger partial charge is 0.317 e. The maximum atomic E-state index is 11.9. The van der Waals surface area contributed by atoms with Crippen LogP contribution in [0.4, 0.5) is 0 Å². The molecule has 1 atom stereocenters. The van der Waals surface area contributed by atoms with Gasteiger partial charge in [0.05, 0.1) is 6.61 Å². The number of carbonyl (C=O) groups excluding carboxylic acids is 2. The monoisotopic (exact) mass is 238 g/mol. The van der Waals surface area contributed by atoms with Crippen LogP contribution in [0.1, 0.15) is 22.8 Å². The first-order valence-electron chi connectivity index (χ1n) is 5.12. The lowest BCUT2D eigenvalue weighted by Crippen LogP contribution is -2.23. The van der Waals surface area contributed by atoms with E-state index in [4.69, 9.17) is 16.3 Å². The van der Waals surface area contributed by atoms with Gasteiger partial charge in [-0.15, -0.1) is 0 Å². The Kier molecular flexibility index (Phi) is 2.97. The SMILES string of the molecule is CCOC(=O)C1Cc2cc(Cl)ccc2C1=O. The molecule has 0 heterocycles. The molecule has 1 aromatic rings. The quantitative estimate of drug-likeness (QED) is 0.586. The Morgan fingerprint density at radius 1 is 1.56 bits per heavy atom. The van der Waals surface area contributed by atoms with Crippen LogP contribution in [-0.4, -0.2) is 18.4 Å². The highest BCUT2D eigenvalue weighted by Gasteiger charge is 2.36. The number of Topliss-reactive ketones (excluding diaryl/α,β-unsaturated/α-hetero) is 1. The maximum absolute atomic E-state index is 11.9. The van der Waals surface area contributed by atoms with Crippen LogP contribution >= 0.6 is 11.6 Å². The number of halogens is 1. The van der Waals surface area contributed by atoms with Gasteiger partial charge in [-0.1, -0.05) is 11.6 Å². The van der Waals surface area contributed by atoms with Crippen molar-refractivity contribution in [3.8, 4) is 0 Å². The van der Waals surface area contributed by atoms with Crippen molar-refractivity contribution >= 4 is 23.4 Å². The average Bonchev–Trinajstić information content (AvgIpc) is 2.56. The zero-order valence-electron chi connectivity index (χ0n) is 8.83. The van der Waals surface area contributed by atoms with Gasteiger partial charge in [-0.2, -0.15) is 0 Å². The Morgan fingerprint density at radius 3 is 3.00 bits per heavy atom. The minimum absolute atomic E-state index is 0.162. The number of ketones is 1. The third-order valence-electron chi connectivity index (χ3n) is 2.64. The molecule has 16 heavy (non-hydrogen) atoms. The van der Waals surface area contributed by atoms with Gasteiger partial charge in [0.25, 0.3) is 0 Å². The summed E-state index contributed by atoms with van der Waals surface area (Å²) in [6, 6.07) is 5.05. The first-order valence-corrected chi connectivity index (χ1v) is 5.50. The van der Waals surface area contributed by atoms with E-state index < -0.39 is 11.9 Å². The van der Waals surface area contributed by atoms with Crippen molar-refractivity contribution in [2.24, 2.45) is 5.92 Å². The molecule has 0 fully saturated rings. The van der Waals surface area contributed by atoms with E-state index >= 15 is 0 Å². The van der Waals surface area contributed by atoms with Gasteiger partial charge in [-0.3, -0.25) is 9.59 Å². The molecule has 0 saturated carbocycles. The lowest BCUT2D eigenvalue weighted by molar-refractivity contribution is -0.145. The molecule has 4 heteroatoms. The van der Waals surface area contributed by atoms with Gasteiger partial charge in [0, 0.05) is 10.6 Å². The summed E-state index contributed by atoms with van der Waals surface area (Å²) >= 11 is 5.83. The van der Waals surface area contributed by atoms with E-state index in [1.54, 1.807) is 25.1 Å². The molecule has 84 valence electrons. The van der Waals surface area contributed by atoms with Gasteiger partial charge in [0.2, 0.25) is 0 Å². The highest BCUT2D eigenvalue weighted by molar-refractivity contribution is 6.31. The van der Waals surface area contributed by atoms with Gasteiger partial charge in [-0.25, -0.2) is 0 Å². The molecule has 0 amide bonds. The second-order valence-electron chi connectivity index (χ2n) is 3.67. The number of esters is 1. The largest absolute Gasteiger partial charge is 0.465 e. The van der Waals surface area contributed by atoms with Crippen LogP contribution in [-0.2, 0) is 16.0 Å². The summed E-state index contributed by atoms with van der Waals surface area (Å²) in [7, 11) is 0. The number of benzene rings is 1. The molecule has 0 N–H and O–H groups in total. The van der Waals surface area contributed by atoms with Crippen LogP contribution in [0.5, 0.6) is 0 Å². The molecule has 0 aliphatic heterocycles. The lowest BCUT2D eigenvalue weighted by Gasteiger charge is -2.05. The predicted octanol–water partition coefficient (Wildman–Crippen LogP) is 2.26. The highest BCUT2D eigenvalue weighted by atomic mass is 35.5. The Balaban J connectivity index is 2.27. The second-order valence-corrected chi connectivity index (χ2v) is 4.11. The molecule has 2 rings (SSSR count). The van der Waals surface area contributed by atoms with E-state index in [9.17, 15) is 9.59 Å². The predicted molar refractivity (Wildman–Crippen MR) is 59.6 cm³/mol. The average molecular weight is 239 g/mol. The molecule has 1 aromatic carbocycles. The van der Waals surface area contributed by atoms with Crippen molar-refractivity contribution in [2.45, 2.75) is 13.3 Å². The Morgan fingerprint density at radius 2 is 2.31 bits per heavy atom. The molecule has 1 aliphatic rings. The molecular weight excluding hydrogens is 228 g/mol. The normalized spacial score (nSPS) is 18.4. The van der Waals surface area contributed by atoms with Gasteiger partial charge < -0.3 is 4.74 Å². The van der Waals surface area contributed by atoms with E-state index in [0.29, 0.717) is 23.6 Å². The van der Waals surface area contributed by atoms with Gasteiger partial charge >= 0.3 is 5.97 Å². The number of rotatable bonds is 2. The molecule has 1 unspecified atom stereocenters. The minimum Gasteiger partial charge on any atom is -0.465 e. The maximum Gasteiger partial charge on any atom is 0.317 e. The summed E-state index contributed by atoms with van der Waals surface area (Å²) in [5, 5.41) is 0.580. The van der Waals surface area contributed by atoms with Crippen LogP contribution < -0.4 is 0 Å². The second kappa shape index (κ2) is 4.26. The zero-order valence-corrected chi connectivity index (χ0v) is 9.58. The molecular formula is C12H11ClO3. The van der Waals surface area contributed by atoms with Gasteiger partial charge in [0.1, 0.15) is 5.92 Å². The first-order chi connectivity index (χ1) is 7.63. The Hall–Kier alpha value is -1.35. The van der Waals surface area contributed by atoms with E-state index in [1.165, 1.54) is 0 Å². The first kappa shape index (κ1) is 11.1. The van der Waals surface area contributed by atoms with Crippen LogP contribution in [0.3, 0.4) is 0 Å². The molecule has 0 aromatic heterocycles. The summed E-state index contributed by atoms with van der Waals surface area (Å²) in [5.74, 6) is -1.29. The highest BCUT2D eigenvalue weighted by Crippen LogP contribution is 2.29. The van der Waals surface area contributed by atoms with Crippen LogP contribution in [0.15, 0.2) is 18.2 Å². The minimum atomic E-state index is -0.687. The van der Waals surface area contributed by atoms with Crippen LogP contribution in [0.2, 0.25) is 5.02 Å². The van der Waals surface area contributed by atoms with Crippen molar-refractivity contribution in [2.75, 3.05) is 6.61 Å². The summed E-state index contributed by atoms with van der Waals surface area (Å²) in [4.78, 5) is 23.4. The van der Waals surface area contributed by atoms with Crippen molar-refractivity contribution < 1.29 is 14.3 Å². The standard InChI is InChI=1S/C12H11ClO3/c1-2-16-12(15)10-6-7-5-8(13)3-4-9(7)11(10)14/h3-5,10H,2,6H2,1H3. The Bertz CT molecular complexity index is 454. The van der Waals surface area contributed by atoms with E-state index in [-0.39, 0.29) is 5.78 Å². The number of carbonyl (C=O) groups is 2. The molecule has 3 nitrogen and oxygen atoms in total. The number of fused-ring (bicyclic) bond motifs is 1. The van der Waals surface area contributed by atoms with Crippen molar-refractivity contribution in [1.29, 1.82) is 0 Å². The van der Waals surface area contributed by atoms with Gasteiger partial charge in [-0.05, 0) is 37.1 Å². The third-order valence-corrected chi connectivity index (χ3v) is 2.88. The van der Waals surface area contributed by atoms with E-state index in [0.717, 1.165) is 5.56 Å². The third kappa shape index (κ3) is 1.83. The van der Waals surface area contributed by atoms with E-state index in [2.05, 4.69) is 0 Å². The fourth-order valence-electron chi connectivity index (χ4n) is 1.91. The number of ether oxygens (including phenoxy) is 1. The number of hydrogen-bond acceptors (Lipinski definition) is 3. The molecule has 0 saturated heterocycles. The molecule has 0 bridgehead atoms. The zero-order chi connectivity index (χ0) is 11.7. The van der Waals surface area contributed by atoms with Crippen molar-refractivity contribution in [3.05, 3.63) is 34.3 Å². The summed E-state index contributed by atoms with van der Waals surface area (Å²) < 4.78 is 4.86. The molecule has 0 radical (unpaired) electrons. The van der Waals surface area contributed by atoms with Crippen LogP contribution in [0.25, 0.3) is 0 Å². The molecule has 1 aliphatic carbocycles. The van der Waals surface area contributed by atoms with Crippen molar-refractivity contribution in [1.82, 2.24) is 0 Å². The fraction of sp³-hybridized carbons (Fsp3) is 0.333. The Labute approximate surface area is 98.4 Å². The van der Waals surface area contributed by atoms with Gasteiger partial charge in [0.15, 0.2) is 5.78 Å². The topological polar surface area (TPSA) is 43.4 Å². The lowest BCUT2D eigenvalue weighted by atomic mass is 10.1.